The van der Waals surface area contributed by atoms with E-state index in [4.69, 9.17) is 0 Å². The van der Waals surface area contributed by atoms with Gasteiger partial charge in [-0.2, -0.15) is 0 Å². The van der Waals surface area contributed by atoms with Gasteiger partial charge < -0.3 is 10.2 Å². The van der Waals surface area contributed by atoms with E-state index in [9.17, 15) is 4.79 Å². The second kappa shape index (κ2) is 7.92. The molecule has 0 aliphatic carbocycles. The van der Waals surface area contributed by atoms with Crippen molar-refractivity contribution in [1.29, 1.82) is 0 Å². The van der Waals surface area contributed by atoms with E-state index >= 15 is 0 Å². The summed E-state index contributed by atoms with van der Waals surface area (Å²) in [6.45, 7) is 3.45. The molecule has 1 fully saturated rings. The van der Waals surface area contributed by atoms with Crippen molar-refractivity contribution in [3.05, 3.63) is 34.3 Å². The van der Waals surface area contributed by atoms with Gasteiger partial charge in [0.05, 0.1) is 6.54 Å². The number of nitrogens with one attached hydrogen (secondary N) is 1. The van der Waals surface area contributed by atoms with Crippen molar-refractivity contribution in [2.75, 3.05) is 33.7 Å². The van der Waals surface area contributed by atoms with Gasteiger partial charge >= 0.3 is 0 Å². The van der Waals surface area contributed by atoms with Crippen LogP contribution >= 0.6 is 15.9 Å². The highest BCUT2D eigenvalue weighted by atomic mass is 79.9. The number of amides is 1. The number of hydrogen-bond donors (Lipinski definition) is 1. The maximum Gasteiger partial charge on any atom is 0.236 e. The molecule has 1 aromatic carbocycles. The van der Waals surface area contributed by atoms with Crippen molar-refractivity contribution in [2.24, 2.45) is 0 Å². The van der Waals surface area contributed by atoms with Crippen LogP contribution in [0.5, 0.6) is 0 Å². The van der Waals surface area contributed by atoms with E-state index in [0.717, 1.165) is 36.9 Å². The predicted octanol–water partition coefficient (Wildman–Crippen LogP) is 2.09. The van der Waals surface area contributed by atoms with Crippen LogP contribution in [0.25, 0.3) is 0 Å². The highest BCUT2D eigenvalue weighted by Gasteiger charge is 2.20. The Morgan fingerprint density at radius 3 is 2.48 bits per heavy atom. The summed E-state index contributed by atoms with van der Waals surface area (Å²) < 4.78 is 1.12. The minimum absolute atomic E-state index is 0.191. The molecule has 0 spiro atoms. The van der Waals surface area contributed by atoms with Crippen molar-refractivity contribution < 1.29 is 4.79 Å². The van der Waals surface area contributed by atoms with E-state index in [0.29, 0.717) is 12.6 Å². The Kier molecular flexibility index (Phi) is 6.21. The number of hydrogen-bond acceptors (Lipinski definition) is 3. The Hall–Kier alpha value is -0.910. The topological polar surface area (TPSA) is 35.6 Å². The molecule has 0 atom stereocenters. The summed E-state index contributed by atoms with van der Waals surface area (Å²) in [5.74, 6) is 0.191. The van der Waals surface area contributed by atoms with Crippen molar-refractivity contribution in [3.63, 3.8) is 0 Å². The first kappa shape index (κ1) is 16.5. The molecular formula is C16H24BrN3O. The van der Waals surface area contributed by atoms with E-state index in [2.05, 4.69) is 50.4 Å². The van der Waals surface area contributed by atoms with Crippen LogP contribution in [0.2, 0.25) is 0 Å². The standard InChI is InChI=1S/C16H24BrN3O/c1-19(2)16(21)12-20-9-7-15(8-10-20)18-11-13-3-5-14(17)6-4-13/h3-6,15,18H,7-12H2,1-2H3. The first-order valence-electron chi connectivity index (χ1n) is 7.45. The third-order valence-electron chi connectivity index (χ3n) is 3.95. The van der Waals surface area contributed by atoms with Crippen LogP contribution < -0.4 is 5.32 Å². The maximum absolute atomic E-state index is 11.7. The van der Waals surface area contributed by atoms with Crippen LogP contribution in [0.15, 0.2) is 28.7 Å². The molecule has 2 rings (SSSR count). The largest absolute Gasteiger partial charge is 0.348 e. The highest BCUT2D eigenvalue weighted by Crippen LogP contribution is 2.13. The normalized spacial score (nSPS) is 16.9. The molecule has 0 radical (unpaired) electrons. The molecule has 21 heavy (non-hydrogen) atoms. The van der Waals surface area contributed by atoms with Gasteiger partial charge in [0.1, 0.15) is 0 Å². The van der Waals surface area contributed by atoms with Gasteiger partial charge in [-0.25, -0.2) is 0 Å². The number of halogens is 1. The fraction of sp³-hybridized carbons (Fsp3) is 0.562. The van der Waals surface area contributed by atoms with Gasteiger partial charge in [-0.1, -0.05) is 28.1 Å². The van der Waals surface area contributed by atoms with Crippen LogP contribution in [0.1, 0.15) is 18.4 Å². The summed E-state index contributed by atoms with van der Waals surface area (Å²) >= 11 is 3.45. The molecule has 116 valence electrons. The lowest BCUT2D eigenvalue weighted by atomic mass is 10.0. The molecule has 1 aliphatic heterocycles. The number of carbonyl (C=O) groups is 1. The van der Waals surface area contributed by atoms with Crippen LogP contribution in [0.4, 0.5) is 0 Å². The molecule has 1 amide bonds. The van der Waals surface area contributed by atoms with Crippen LogP contribution in [0, 0.1) is 0 Å². The summed E-state index contributed by atoms with van der Waals surface area (Å²) in [6.07, 6.45) is 2.22. The molecule has 1 aromatic rings. The lowest BCUT2D eigenvalue weighted by Gasteiger charge is -2.32. The number of rotatable bonds is 5. The van der Waals surface area contributed by atoms with Crippen molar-refractivity contribution in [2.45, 2.75) is 25.4 Å². The smallest absolute Gasteiger partial charge is 0.236 e. The average Bonchev–Trinajstić information content (AvgIpc) is 2.48. The van der Waals surface area contributed by atoms with Crippen molar-refractivity contribution in [1.82, 2.24) is 15.1 Å². The molecule has 0 saturated carbocycles. The third-order valence-corrected chi connectivity index (χ3v) is 4.48. The van der Waals surface area contributed by atoms with Crippen molar-refractivity contribution >= 4 is 21.8 Å². The molecule has 1 heterocycles. The summed E-state index contributed by atoms with van der Waals surface area (Å²) in [5.41, 5.74) is 1.31. The van der Waals surface area contributed by atoms with Gasteiger partial charge in [-0.3, -0.25) is 9.69 Å². The second-order valence-corrected chi connectivity index (χ2v) is 6.76. The van der Waals surface area contributed by atoms with Gasteiger partial charge in [-0.15, -0.1) is 0 Å². The second-order valence-electron chi connectivity index (χ2n) is 5.85. The fourth-order valence-electron chi connectivity index (χ4n) is 2.49. The fourth-order valence-corrected chi connectivity index (χ4v) is 2.76. The molecule has 1 aliphatic rings. The number of carbonyl (C=O) groups excluding carboxylic acids is 1. The lowest BCUT2D eigenvalue weighted by Crippen LogP contribution is -2.45. The first-order valence-corrected chi connectivity index (χ1v) is 8.24. The van der Waals surface area contributed by atoms with Crippen LogP contribution in [-0.2, 0) is 11.3 Å². The van der Waals surface area contributed by atoms with Crippen molar-refractivity contribution in [3.8, 4) is 0 Å². The van der Waals surface area contributed by atoms with E-state index in [1.165, 1.54) is 5.56 Å². The third kappa shape index (κ3) is 5.41. The van der Waals surface area contributed by atoms with E-state index < -0.39 is 0 Å². The first-order chi connectivity index (χ1) is 10.0. The van der Waals surface area contributed by atoms with Gasteiger partial charge in [0, 0.05) is 44.2 Å². The van der Waals surface area contributed by atoms with Gasteiger partial charge in [-0.05, 0) is 30.5 Å². The summed E-state index contributed by atoms with van der Waals surface area (Å²) in [5, 5.41) is 3.62. The minimum Gasteiger partial charge on any atom is -0.348 e. The Labute approximate surface area is 135 Å². The monoisotopic (exact) mass is 353 g/mol. The highest BCUT2D eigenvalue weighted by molar-refractivity contribution is 9.10. The predicted molar refractivity (Wildman–Crippen MR) is 89.1 cm³/mol. The van der Waals surface area contributed by atoms with Gasteiger partial charge in [0.15, 0.2) is 0 Å². The van der Waals surface area contributed by atoms with Gasteiger partial charge in [0.2, 0.25) is 5.91 Å². The van der Waals surface area contributed by atoms with Gasteiger partial charge in [0.25, 0.3) is 0 Å². The molecule has 0 aromatic heterocycles. The molecule has 0 bridgehead atoms. The molecule has 1 saturated heterocycles. The zero-order valence-corrected chi connectivity index (χ0v) is 14.4. The summed E-state index contributed by atoms with van der Waals surface area (Å²) in [4.78, 5) is 15.6. The number of nitrogens with zero attached hydrogens (tertiary/aromatic N) is 2. The molecular weight excluding hydrogens is 330 g/mol. The average molecular weight is 354 g/mol. The Morgan fingerprint density at radius 1 is 1.29 bits per heavy atom. The molecule has 0 unspecified atom stereocenters. The SMILES string of the molecule is CN(C)C(=O)CN1CCC(NCc2ccc(Br)cc2)CC1. The Morgan fingerprint density at radius 2 is 1.90 bits per heavy atom. The van der Waals surface area contributed by atoms with Crippen LogP contribution in [0.3, 0.4) is 0 Å². The lowest BCUT2D eigenvalue weighted by molar-refractivity contribution is -0.130. The Balaban J connectivity index is 1.69. The minimum atomic E-state index is 0.191. The Bertz CT molecular complexity index is 453. The number of likely N-dealkylation sites (N-methyl/N-ethyl adjacent to an activating group) is 1. The summed E-state index contributed by atoms with van der Waals surface area (Å²) in [6, 6.07) is 8.99. The van der Waals surface area contributed by atoms with E-state index in [1.54, 1.807) is 4.90 Å². The summed E-state index contributed by atoms with van der Waals surface area (Å²) in [7, 11) is 3.63. The molecule has 1 N–H and O–H groups in total. The zero-order valence-electron chi connectivity index (χ0n) is 12.8. The van der Waals surface area contributed by atoms with E-state index in [-0.39, 0.29) is 5.91 Å². The van der Waals surface area contributed by atoms with Crippen LogP contribution in [-0.4, -0.2) is 55.5 Å². The number of piperidine rings is 1. The zero-order chi connectivity index (χ0) is 15.2. The number of likely N-dealkylation sites (tertiary alicyclic amines) is 1. The van der Waals surface area contributed by atoms with E-state index in [1.807, 2.05) is 14.1 Å². The quantitative estimate of drug-likeness (QED) is 0.880. The maximum atomic E-state index is 11.7. The molecule has 4 nitrogen and oxygen atoms in total. The number of benzene rings is 1. The molecule has 5 heteroatoms.